The van der Waals surface area contributed by atoms with E-state index in [4.69, 9.17) is 10.2 Å². The van der Waals surface area contributed by atoms with Gasteiger partial charge in [0, 0.05) is 32.2 Å². The van der Waals surface area contributed by atoms with Gasteiger partial charge in [0.1, 0.15) is 6.04 Å². The molecule has 116 valence electrons. The fourth-order valence-corrected chi connectivity index (χ4v) is 2.48. The predicted molar refractivity (Wildman–Crippen MR) is 74.6 cm³/mol. The number of amides is 2. The second-order valence-electron chi connectivity index (χ2n) is 5.22. The van der Waals surface area contributed by atoms with Crippen LogP contribution >= 0.6 is 0 Å². The maximum Gasteiger partial charge on any atom is 0.326 e. The van der Waals surface area contributed by atoms with E-state index >= 15 is 0 Å². The van der Waals surface area contributed by atoms with Crippen molar-refractivity contribution in [2.24, 2.45) is 0 Å². The van der Waals surface area contributed by atoms with Crippen molar-refractivity contribution < 1.29 is 19.8 Å². The Balaban J connectivity index is 2.69. The second-order valence-corrected chi connectivity index (χ2v) is 5.22. The summed E-state index contributed by atoms with van der Waals surface area (Å²) < 4.78 is 0. The minimum Gasteiger partial charge on any atom is -0.480 e. The van der Waals surface area contributed by atoms with Crippen LogP contribution in [0.4, 0.5) is 4.79 Å². The normalized spacial score (nSPS) is 22.1. The summed E-state index contributed by atoms with van der Waals surface area (Å²) in [6, 6.07) is -1.30. The molecule has 1 aliphatic heterocycles. The monoisotopic (exact) mass is 287 g/mol. The Bertz CT molecular complexity index is 338. The lowest BCUT2D eigenvalue weighted by molar-refractivity contribution is -0.139. The first-order valence-corrected chi connectivity index (χ1v) is 7.08. The average molecular weight is 287 g/mol. The molecule has 1 fully saturated rings. The standard InChI is InChI=1S/C13H25N3O4/c1-3-10-9-15(2)6-4-7-16(10)13(20)14-11(5-8-17)12(18)19/h10-11,17H,3-9H2,1-2H3,(H,14,20)(H,18,19)/t10?,11-/m1/s1. The summed E-state index contributed by atoms with van der Waals surface area (Å²) in [5, 5.41) is 20.4. The van der Waals surface area contributed by atoms with E-state index in [1.807, 2.05) is 14.0 Å². The number of carboxylic acid groups (broad SMARTS) is 1. The molecular weight excluding hydrogens is 262 g/mol. The van der Waals surface area contributed by atoms with E-state index in [0.717, 1.165) is 25.9 Å². The number of nitrogens with zero attached hydrogens (tertiary/aromatic N) is 2. The summed E-state index contributed by atoms with van der Waals surface area (Å²) in [5.74, 6) is -1.12. The summed E-state index contributed by atoms with van der Waals surface area (Å²) in [6.45, 7) is 4.10. The van der Waals surface area contributed by atoms with Gasteiger partial charge in [-0.2, -0.15) is 0 Å². The Labute approximate surface area is 119 Å². The van der Waals surface area contributed by atoms with Crippen molar-refractivity contribution in [1.29, 1.82) is 0 Å². The molecule has 1 rings (SSSR count). The summed E-state index contributed by atoms with van der Waals surface area (Å²) in [5.41, 5.74) is 0. The van der Waals surface area contributed by atoms with Gasteiger partial charge >= 0.3 is 12.0 Å². The van der Waals surface area contributed by atoms with E-state index in [1.54, 1.807) is 4.90 Å². The molecule has 1 aliphatic rings. The molecular formula is C13H25N3O4. The lowest BCUT2D eigenvalue weighted by Gasteiger charge is -2.31. The highest BCUT2D eigenvalue weighted by atomic mass is 16.4. The molecule has 0 aliphatic carbocycles. The van der Waals surface area contributed by atoms with Crippen LogP contribution in [0.15, 0.2) is 0 Å². The first kappa shape index (κ1) is 16.7. The third kappa shape index (κ3) is 4.64. The van der Waals surface area contributed by atoms with Crippen LogP contribution in [-0.4, -0.2) is 77.4 Å². The van der Waals surface area contributed by atoms with Gasteiger partial charge in [-0.05, 0) is 26.4 Å². The van der Waals surface area contributed by atoms with Gasteiger partial charge in [0.25, 0.3) is 0 Å². The number of likely N-dealkylation sites (N-methyl/N-ethyl adjacent to an activating group) is 1. The zero-order valence-electron chi connectivity index (χ0n) is 12.2. The molecule has 3 N–H and O–H groups in total. The Morgan fingerprint density at radius 1 is 1.40 bits per heavy atom. The van der Waals surface area contributed by atoms with Crippen LogP contribution in [0.25, 0.3) is 0 Å². The Hall–Kier alpha value is -1.34. The van der Waals surface area contributed by atoms with Crippen molar-refractivity contribution in [1.82, 2.24) is 15.1 Å². The number of carbonyl (C=O) groups is 2. The molecule has 2 atom stereocenters. The molecule has 1 unspecified atom stereocenters. The summed E-state index contributed by atoms with van der Waals surface area (Å²) in [7, 11) is 2.02. The molecule has 20 heavy (non-hydrogen) atoms. The van der Waals surface area contributed by atoms with Crippen molar-refractivity contribution in [3.63, 3.8) is 0 Å². The SMILES string of the molecule is CCC1CN(C)CCCN1C(=O)N[C@H](CCO)C(=O)O. The lowest BCUT2D eigenvalue weighted by Crippen LogP contribution is -2.52. The van der Waals surface area contributed by atoms with Crippen molar-refractivity contribution in [2.45, 2.75) is 38.3 Å². The number of aliphatic carboxylic acids is 1. The van der Waals surface area contributed by atoms with Crippen LogP contribution in [0.3, 0.4) is 0 Å². The summed E-state index contributed by atoms with van der Waals surface area (Å²) in [4.78, 5) is 27.2. The number of hydrogen-bond donors (Lipinski definition) is 3. The van der Waals surface area contributed by atoms with Gasteiger partial charge in [-0.1, -0.05) is 6.92 Å². The summed E-state index contributed by atoms with van der Waals surface area (Å²) >= 11 is 0. The van der Waals surface area contributed by atoms with Gasteiger partial charge in [-0.15, -0.1) is 0 Å². The van der Waals surface area contributed by atoms with Crippen molar-refractivity contribution >= 4 is 12.0 Å². The van der Waals surface area contributed by atoms with Crippen molar-refractivity contribution in [3.8, 4) is 0 Å². The van der Waals surface area contributed by atoms with Crippen LogP contribution in [-0.2, 0) is 4.79 Å². The summed E-state index contributed by atoms with van der Waals surface area (Å²) in [6.07, 6.45) is 1.72. The number of hydrogen-bond acceptors (Lipinski definition) is 4. The van der Waals surface area contributed by atoms with Crippen LogP contribution in [0, 0.1) is 0 Å². The number of carboxylic acids is 1. The van der Waals surface area contributed by atoms with E-state index < -0.39 is 12.0 Å². The highest BCUT2D eigenvalue weighted by Crippen LogP contribution is 2.12. The van der Waals surface area contributed by atoms with Crippen LogP contribution in [0.2, 0.25) is 0 Å². The van der Waals surface area contributed by atoms with E-state index in [2.05, 4.69) is 10.2 Å². The molecule has 0 aromatic heterocycles. The van der Waals surface area contributed by atoms with Crippen LogP contribution < -0.4 is 5.32 Å². The topological polar surface area (TPSA) is 93.1 Å². The number of rotatable bonds is 5. The first-order chi connectivity index (χ1) is 9.49. The first-order valence-electron chi connectivity index (χ1n) is 7.08. The zero-order chi connectivity index (χ0) is 15.1. The lowest BCUT2D eigenvalue weighted by atomic mass is 10.2. The molecule has 0 bridgehead atoms. The van der Waals surface area contributed by atoms with Crippen molar-refractivity contribution in [2.75, 3.05) is 33.3 Å². The molecule has 7 heteroatoms. The maximum absolute atomic E-state index is 12.3. The zero-order valence-corrected chi connectivity index (χ0v) is 12.2. The average Bonchev–Trinajstić information content (AvgIpc) is 2.59. The molecule has 0 saturated carbocycles. The third-order valence-electron chi connectivity index (χ3n) is 3.65. The van der Waals surface area contributed by atoms with Gasteiger partial charge in [-0.3, -0.25) is 0 Å². The second kappa shape index (κ2) is 8.06. The Kier molecular flexibility index (Phi) is 6.74. The molecule has 2 amide bonds. The van der Waals surface area contributed by atoms with Gasteiger partial charge in [0.2, 0.25) is 0 Å². The number of aliphatic hydroxyl groups is 1. The van der Waals surface area contributed by atoms with Crippen molar-refractivity contribution in [3.05, 3.63) is 0 Å². The molecule has 7 nitrogen and oxygen atoms in total. The van der Waals surface area contributed by atoms with Gasteiger partial charge < -0.3 is 25.3 Å². The number of aliphatic hydroxyl groups excluding tert-OH is 1. The van der Waals surface area contributed by atoms with Gasteiger partial charge in [0.05, 0.1) is 0 Å². The minimum absolute atomic E-state index is 0.0195. The quantitative estimate of drug-likeness (QED) is 0.659. The van der Waals surface area contributed by atoms with E-state index in [0.29, 0.717) is 6.54 Å². The van der Waals surface area contributed by atoms with Gasteiger partial charge in [0.15, 0.2) is 0 Å². The molecule has 0 radical (unpaired) electrons. The Morgan fingerprint density at radius 2 is 2.10 bits per heavy atom. The smallest absolute Gasteiger partial charge is 0.326 e. The highest BCUT2D eigenvalue weighted by Gasteiger charge is 2.28. The molecule has 0 aromatic rings. The highest BCUT2D eigenvalue weighted by molar-refractivity contribution is 5.82. The fraction of sp³-hybridized carbons (Fsp3) is 0.846. The van der Waals surface area contributed by atoms with E-state index in [-0.39, 0.29) is 25.1 Å². The molecule has 1 heterocycles. The predicted octanol–water partition coefficient (Wildman–Crippen LogP) is -0.0523. The van der Waals surface area contributed by atoms with E-state index in [1.165, 1.54) is 0 Å². The fourth-order valence-electron chi connectivity index (χ4n) is 2.48. The molecule has 1 saturated heterocycles. The number of nitrogens with one attached hydrogen (secondary N) is 1. The van der Waals surface area contributed by atoms with E-state index in [9.17, 15) is 9.59 Å². The minimum atomic E-state index is -1.12. The molecule has 0 spiro atoms. The largest absolute Gasteiger partial charge is 0.480 e. The molecule has 0 aromatic carbocycles. The Morgan fingerprint density at radius 3 is 2.65 bits per heavy atom. The number of carbonyl (C=O) groups excluding carboxylic acids is 1. The van der Waals surface area contributed by atoms with Crippen LogP contribution in [0.1, 0.15) is 26.2 Å². The maximum atomic E-state index is 12.3. The third-order valence-corrected chi connectivity index (χ3v) is 3.65. The number of urea groups is 1. The van der Waals surface area contributed by atoms with Crippen LogP contribution in [0.5, 0.6) is 0 Å². The van der Waals surface area contributed by atoms with Gasteiger partial charge in [-0.25, -0.2) is 9.59 Å².